The number of nitrogens with one attached hydrogen (secondary N) is 1. The van der Waals surface area contributed by atoms with Gasteiger partial charge in [-0.15, -0.1) is 0 Å². The van der Waals surface area contributed by atoms with Crippen molar-refractivity contribution in [3.05, 3.63) is 0 Å². The lowest BCUT2D eigenvalue weighted by Gasteiger charge is -2.60. The monoisotopic (exact) mass is 424 g/mol. The molecule has 5 aliphatic rings. The fourth-order valence-electron chi connectivity index (χ4n) is 6.77. The molecule has 0 aromatic rings. The normalized spacial score (nSPS) is 39.5. The van der Waals surface area contributed by atoms with E-state index in [9.17, 15) is 9.59 Å². The molecule has 5 rings (SSSR count). The van der Waals surface area contributed by atoms with Crippen LogP contribution < -0.4 is 5.32 Å². The van der Waals surface area contributed by atoms with Crippen molar-refractivity contribution in [1.29, 1.82) is 0 Å². The van der Waals surface area contributed by atoms with Gasteiger partial charge in [-0.3, -0.25) is 9.59 Å². The van der Waals surface area contributed by atoms with Gasteiger partial charge in [-0.05, 0) is 82.5 Å². The van der Waals surface area contributed by atoms with Gasteiger partial charge in [-0.25, -0.2) is 0 Å². The molecule has 5 fully saturated rings. The van der Waals surface area contributed by atoms with E-state index < -0.39 is 0 Å². The Balaban J connectivity index is 1.33. The largest absolute Gasteiger partial charge is 0.354 e. The Morgan fingerprint density at radius 2 is 1.73 bits per heavy atom. The molecule has 1 saturated heterocycles. The van der Waals surface area contributed by atoms with Gasteiger partial charge in [0.1, 0.15) is 0 Å². The zero-order valence-corrected chi connectivity index (χ0v) is 17.8. The van der Waals surface area contributed by atoms with Crippen LogP contribution in [0.2, 0.25) is 0 Å². The first-order valence-corrected chi connectivity index (χ1v) is 11.3. The highest BCUT2D eigenvalue weighted by Gasteiger charge is 2.57. The lowest BCUT2D eigenvalue weighted by Crippen LogP contribution is -2.54. The molecular formula is C21H33BrN2O2. The van der Waals surface area contributed by atoms with Gasteiger partial charge >= 0.3 is 0 Å². The number of alkyl halides is 1. The van der Waals surface area contributed by atoms with E-state index >= 15 is 0 Å². The summed E-state index contributed by atoms with van der Waals surface area (Å²) in [5.41, 5.74) is 0.247. The van der Waals surface area contributed by atoms with Crippen molar-refractivity contribution >= 4 is 27.7 Å². The van der Waals surface area contributed by atoms with Crippen molar-refractivity contribution in [1.82, 2.24) is 10.2 Å². The predicted molar refractivity (Wildman–Crippen MR) is 106 cm³/mol. The molecule has 5 heteroatoms. The number of likely N-dealkylation sites (tertiary alicyclic amines) is 1. The molecule has 0 spiro atoms. The number of halogens is 1. The summed E-state index contributed by atoms with van der Waals surface area (Å²) in [6.07, 6.45) is 10.1. The molecule has 0 aromatic carbocycles. The van der Waals surface area contributed by atoms with Crippen LogP contribution in [-0.2, 0) is 9.59 Å². The van der Waals surface area contributed by atoms with Crippen molar-refractivity contribution in [2.75, 3.05) is 13.1 Å². The quantitative estimate of drug-likeness (QED) is 0.696. The van der Waals surface area contributed by atoms with Crippen molar-refractivity contribution in [2.24, 2.45) is 23.2 Å². The highest BCUT2D eigenvalue weighted by atomic mass is 79.9. The number of hydrogen-bond donors (Lipinski definition) is 1. The molecule has 0 aromatic heterocycles. The molecular weight excluding hydrogens is 392 g/mol. The molecule has 4 saturated carbocycles. The van der Waals surface area contributed by atoms with Gasteiger partial charge in [-0.2, -0.15) is 0 Å². The van der Waals surface area contributed by atoms with E-state index in [1.807, 2.05) is 18.7 Å². The van der Waals surface area contributed by atoms with Crippen molar-refractivity contribution in [3.63, 3.8) is 0 Å². The fraction of sp³-hybridized carbons (Fsp3) is 0.905. The van der Waals surface area contributed by atoms with E-state index in [1.54, 1.807) is 0 Å². The summed E-state index contributed by atoms with van der Waals surface area (Å²) in [6, 6.07) is 0.190. The van der Waals surface area contributed by atoms with Crippen LogP contribution in [0.25, 0.3) is 0 Å². The zero-order chi connectivity index (χ0) is 18.5. The standard InChI is InChI=1S/C21H33BrN2O2/c1-14(2)23-19(26)17-3-5-24(6-4-17)18(25)12-20-8-15-7-16(9-20)11-21(22,10-15)13-20/h14-17H,3-13H2,1-2H3,(H,23,26). The maximum atomic E-state index is 13.1. The lowest BCUT2D eigenvalue weighted by molar-refractivity contribution is -0.141. The third-order valence-corrected chi connectivity index (χ3v) is 8.21. The average molecular weight is 425 g/mol. The number of nitrogens with zero attached hydrogens (tertiary/aromatic N) is 1. The number of hydrogen-bond acceptors (Lipinski definition) is 2. The van der Waals surface area contributed by atoms with Gasteiger partial charge in [0.25, 0.3) is 0 Å². The molecule has 146 valence electrons. The van der Waals surface area contributed by atoms with Crippen LogP contribution in [-0.4, -0.2) is 40.2 Å². The van der Waals surface area contributed by atoms with E-state index in [2.05, 4.69) is 21.2 Å². The van der Waals surface area contributed by atoms with Crippen LogP contribution in [0.15, 0.2) is 0 Å². The molecule has 1 heterocycles. The molecule has 4 nitrogen and oxygen atoms in total. The third kappa shape index (κ3) is 3.70. The first-order valence-electron chi connectivity index (χ1n) is 10.5. The fourth-order valence-corrected chi connectivity index (χ4v) is 8.28. The van der Waals surface area contributed by atoms with Crippen molar-refractivity contribution < 1.29 is 9.59 Å². The number of carbonyl (C=O) groups excluding carboxylic acids is 2. The van der Waals surface area contributed by atoms with Gasteiger partial charge in [0, 0.05) is 35.8 Å². The third-order valence-electron chi connectivity index (χ3n) is 7.29. The molecule has 2 atom stereocenters. The van der Waals surface area contributed by atoms with E-state index in [-0.39, 0.29) is 23.3 Å². The molecule has 26 heavy (non-hydrogen) atoms. The molecule has 2 unspecified atom stereocenters. The first-order chi connectivity index (χ1) is 12.3. The first kappa shape index (κ1) is 18.8. The second-order valence-corrected chi connectivity index (χ2v) is 11.8. The number of piperidine rings is 1. The summed E-state index contributed by atoms with van der Waals surface area (Å²) >= 11 is 4.05. The Labute approximate surface area is 166 Å². The van der Waals surface area contributed by atoms with Crippen LogP contribution in [0, 0.1) is 23.2 Å². The van der Waals surface area contributed by atoms with Crippen LogP contribution in [0.5, 0.6) is 0 Å². The molecule has 4 bridgehead atoms. The van der Waals surface area contributed by atoms with Crippen molar-refractivity contribution in [3.8, 4) is 0 Å². The smallest absolute Gasteiger partial charge is 0.223 e. The van der Waals surface area contributed by atoms with Crippen LogP contribution >= 0.6 is 15.9 Å². The Bertz CT molecular complexity index is 569. The molecule has 1 aliphatic heterocycles. The summed E-state index contributed by atoms with van der Waals surface area (Å²) in [6.45, 7) is 5.49. The molecule has 4 aliphatic carbocycles. The number of rotatable bonds is 4. The summed E-state index contributed by atoms with van der Waals surface area (Å²) in [5, 5.41) is 3.02. The van der Waals surface area contributed by atoms with Gasteiger partial charge in [-0.1, -0.05) is 15.9 Å². The van der Waals surface area contributed by atoms with Crippen LogP contribution in [0.3, 0.4) is 0 Å². The predicted octanol–water partition coefficient (Wildman–Crippen LogP) is 3.87. The van der Waals surface area contributed by atoms with Crippen LogP contribution in [0.4, 0.5) is 0 Å². The minimum Gasteiger partial charge on any atom is -0.354 e. The molecule has 0 radical (unpaired) electrons. The average Bonchev–Trinajstić information content (AvgIpc) is 2.51. The van der Waals surface area contributed by atoms with E-state index in [0.717, 1.165) is 44.2 Å². The minimum atomic E-state index is 0.0758. The second kappa shape index (κ2) is 6.79. The van der Waals surface area contributed by atoms with E-state index in [4.69, 9.17) is 0 Å². The lowest BCUT2D eigenvalue weighted by atomic mass is 9.48. The van der Waals surface area contributed by atoms with Crippen molar-refractivity contribution in [2.45, 2.75) is 82.0 Å². The molecule has 2 amide bonds. The number of amides is 2. The maximum absolute atomic E-state index is 13.1. The van der Waals surface area contributed by atoms with Gasteiger partial charge in [0.05, 0.1) is 0 Å². The minimum absolute atomic E-state index is 0.0758. The summed E-state index contributed by atoms with van der Waals surface area (Å²) in [7, 11) is 0. The topological polar surface area (TPSA) is 49.4 Å². The van der Waals surface area contributed by atoms with E-state index in [1.165, 1.54) is 38.5 Å². The highest BCUT2D eigenvalue weighted by molar-refractivity contribution is 9.10. The van der Waals surface area contributed by atoms with E-state index in [0.29, 0.717) is 10.2 Å². The maximum Gasteiger partial charge on any atom is 0.223 e. The Morgan fingerprint density at radius 3 is 2.27 bits per heavy atom. The second-order valence-electron chi connectivity index (χ2n) is 10.1. The summed E-state index contributed by atoms with van der Waals surface area (Å²) < 4.78 is 0.319. The van der Waals surface area contributed by atoms with Gasteiger partial charge < -0.3 is 10.2 Å². The highest BCUT2D eigenvalue weighted by Crippen LogP contribution is 2.65. The Morgan fingerprint density at radius 1 is 1.12 bits per heavy atom. The summed E-state index contributed by atoms with van der Waals surface area (Å²) in [5.74, 6) is 2.23. The zero-order valence-electron chi connectivity index (χ0n) is 16.2. The SMILES string of the molecule is CC(C)NC(=O)C1CCN(C(=O)CC23CC4CC(CC(Br)(C4)C2)C3)CC1. The van der Waals surface area contributed by atoms with Crippen LogP contribution in [0.1, 0.15) is 71.6 Å². The van der Waals surface area contributed by atoms with Gasteiger partial charge in [0.15, 0.2) is 0 Å². The number of carbonyl (C=O) groups is 2. The molecule has 1 N–H and O–H groups in total. The van der Waals surface area contributed by atoms with Gasteiger partial charge in [0.2, 0.25) is 11.8 Å². The summed E-state index contributed by atoms with van der Waals surface area (Å²) in [4.78, 5) is 27.3. The Kier molecular flexibility index (Phi) is 4.90. The Hall–Kier alpha value is -0.580.